The van der Waals surface area contributed by atoms with Crippen LogP contribution in [0.4, 0.5) is 4.39 Å². The van der Waals surface area contributed by atoms with Crippen molar-refractivity contribution < 1.29 is 27.4 Å². The maximum atomic E-state index is 13.1. The van der Waals surface area contributed by atoms with Crippen LogP contribution in [0.1, 0.15) is 17.3 Å². The Labute approximate surface area is 104 Å². The molecule has 100 valence electrons. The van der Waals surface area contributed by atoms with Crippen LogP contribution >= 0.6 is 0 Å². The Balaban J connectivity index is 2.71. The van der Waals surface area contributed by atoms with Crippen LogP contribution in [-0.2, 0) is 9.84 Å². The van der Waals surface area contributed by atoms with Gasteiger partial charge in [0.25, 0.3) is 0 Å². The second kappa shape index (κ2) is 5.81. The predicted octanol–water partition coefficient (Wildman–Crippen LogP) is 1.34. The summed E-state index contributed by atoms with van der Waals surface area (Å²) in [5, 5.41) is 8.71. The van der Waals surface area contributed by atoms with Gasteiger partial charge in [-0.15, -0.1) is 0 Å². The van der Waals surface area contributed by atoms with E-state index in [9.17, 15) is 17.6 Å². The molecule has 0 spiro atoms. The molecule has 0 aromatic heterocycles. The van der Waals surface area contributed by atoms with Gasteiger partial charge in [-0.2, -0.15) is 0 Å². The highest BCUT2D eigenvalue weighted by molar-refractivity contribution is 7.91. The number of hydrogen-bond donors (Lipinski definition) is 1. The molecule has 0 bridgehead atoms. The minimum Gasteiger partial charge on any atom is -0.492 e. The molecule has 0 heterocycles. The van der Waals surface area contributed by atoms with Crippen LogP contribution in [0.5, 0.6) is 5.75 Å². The number of aromatic carboxylic acids is 1. The van der Waals surface area contributed by atoms with Crippen LogP contribution in [0.2, 0.25) is 0 Å². The van der Waals surface area contributed by atoms with Crippen molar-refractivity contribution >= 4 is 15.8 Å². The number of carboxylic acids is 1. The first-order chi connectivity index (χ1) is 8.34. The molecule has 0 amide bonds. The molecule has 0 aliphatic carbocycles. The topological polar surface area (TPSA) is 80.7 Å². The van der Waals surface area contributed by atoms with E-state index in [1.165, 1.54) is 6.92 Å². The van der Waals surface area contributed by atoms with Gasteiger partial charge in [-0.1, -0.05) is 6.92 Å². The molecule has 0 atom stereocenters. The van der Waals surface area contributed by atoms with Crippen molar-refractivity contribution in [1.82, 2.24) is 0 Å². The average molecular weight is 276 g/mol. The van der Waals surface area contributed by atoms with Gasteiger partial charge in [0.05, 0.1) is 11.3 Å². The van der Waals surface area contributed by atoms with E-state index in [-0.39, 0.29) is 29.4 Å². The van der Waals surface area contributed by atoms with E-state index in [0.29, 0.717) is 0 Å². The van der Waals surface area contributed by atoms with Crippen LogP contribution in [0.3, 0.4) is 0 Å². The molecule has 0 saturated carbocycles. The zero-order chi connectivity index (χ0) is 13.8. The zero-order valence-electron chi connectivity index (χ0n) is 9.72. The third kappa shape index (κ3) is 4.33. The molecule has 0 radical (unpaired) electrons. The monoisotopic (exact) mass is 276 g/mol. The lowest BCUT2D eigenvalue weighted by Crippen LogP contribution is -2.15. The van der Waals surface area contributed by atoms with Crippen molar-refractivity contribution in [1.29, 1.82) is 0 Å². The number of carboxylic acid groups (broad SMARTS) is 1. The summed E-state index contributed by atoms with van der Waals surface area (Å²) in [5.74, 6) is -2.22. The van der Waals surface area contributed by atoms with Gasteiger partial charge in [0.2, 0.25) is 0 Å². The maximum Gasteiger partial charge on any atom is 0.335 e. The largest absolute Gasteiger partial charge is 0.492 e. The molecule has 18 heavy (non-hydrogen) atoms. The van der Waals surface area contributed by atoms with Gasteiger partial charge in [-0.05, 0) is 12.1 Å². The Kier molecular flexibility index (Phi) is 4.66. The first-order valence-corrected chi connectivity index (χ1v) is 7.03. The highest BCUT2D eigenvalue weighted by Gasteiger charge is 2.10. The lowest BCUT2D eigenvalue weighted by atomic mass is 10.2. The fourth-order valence-corrected chi connectivity index (χ4v) is 1.83. The van der Waals surface area contributed by atoms with Gasteiger partial charge < -0.3 is 9.84 Å². The van der Waals surface area contributed by atoms with Crippen LogP contribution in [-0.4, -0.2) is 37.6 Å². The SMILES string of the molecule is CCS(=O)(=O)CCOc1cc(F)cc(C(=O)O)c1. The molecule has 1 N–H and O–H groups in total. The van der Waals surface area contributed by atoms with Gasteiger partial charge in [0.15, 0.2) is 9.84 Å². The summed E-state index contributed by atoms with van der Waals surface area (Å²) in [6.07, 6.45) is 0. The fraction of sp³-hybridized carbons (Fsp3) is 0.364. The average Bonchev–Trinajstić information content (AvgIpc) is 2.28. The Morgan fingerprint density at radius 2 is 2.06 bits per heavy atom. The van der Waals surface area contributed by atoms with Crippen LogP contribution in [0, 0.1) is 5.82 Å². The van der Waals surface area contributed by atoms with E-state index in [0.717, 1.165) is 18.2 Å². The number of carbonyl (C=O) groups is 1. The molecule has 0 saturated heterocycles. The molecule has 5 nitrogen and oxygen atoms in total. The summed E-state index contributed by atoms with van der Waals surface area (Å²) < 4.78 is 40.5. The number of sulfone groups is 1. The van der Waals surface area contributed by atoms with Crippen molar-refractivity contribution in [3.63, 3.8) is 0 Å². The van der Waals surface area contributed by atoms with Crippen molar-refractivity contribution in [3.8, 4) is 5.75 Å². The number of ether oxygens (including phenoxy) is 1. The zero-order valence-corrected chi connectivity index (χ0v) is 10.5. The standard InChI is InChI=1S/C11H13FO5S/c1-2-18(15,16)4-3-17-10-6-8(11(13)14)5-9(12)7-10/h5-7H,2-4H2,1H3,(H,13,14). The Bertz CT molecular complexity index is 538. The highest BCUT2D eigenvalue weighted by Crippen LogP contribution is 2.16. The van der Waals surface area contributed by atoms with E-state index in [4.69, 9.17) is 9.84 Å². The van der Waals surface area contributed by atoms with Crippen LogP contribution < -0.4 is 4.74 Å². The minimum absolute atomic E-state index is 0.000112. The lowest BCUT2D eigenvalue weighted by molar-refractivity contribution is 0.0695. The van der Waals surface area contributed by atoms with Crippen molar-refractivity contribution in [2.24, 2.45) is 0 Å². The van der Waals surface area contributed by atoms with Gasteiger partial charge in [-0.25, -0.2) is 17.6 Å². The molecule has 0 aliphatic rings. The molecular weight excluding hydrogens is 263 g/mol. The van der Waals surface area contributed by atoms with Crippen molar-refractivity contribution in [3.05, 3.63) is 29.6 Å². The lowest BCUT2D eigenvalue weighted by Gasteiger charge is -2.07. The van der Waals surface area contributed by atoms with Crippen molar-refractivity contribution in [2.45, 2.75) is 6.92 Å². The summed E-state index contributed by atoms with van der Waals surface area (Å²) in [5.41, 5.74) is -0.247. The Morgan fingerprint density at radius 1 is 1.39 bits per heavy atom. The Hall–Kier alpha value is -1.63. The molecule has 0 fully saturated rings. The smallest absolute Gasteiger partial charge is 0.335 e. The van der Waals surface area contributed by atoms with E-state index in [1.54, 1.807) is 0 Å². The molecule has 1 aromatic carbocycles. The van der Waals surface area contributed by atoms with Gasteiger partial charge >= 0.3 is 5.97 Å². The van der Waals surface area contributed by atoms with Crippen LogP contribution in [0.25, 0.3) is 0 Å². The quantitative estimate of drug-likeness (QED) is 0.848. The third-order valence-electron chi connectivity index (χ3n) is 2.22. The Morgan fingerprint density at radius 3 is 2.61 bits per heavy atom. The second-order valence-corrected chi connectivity index (χ2v) is 6.04. The van der Waals surface area contributed by atoms with Crippen molar-refractivity contribution in [2.75, 3.05) is 18.1 Å². The molecule has 7 heteroatoms. The minimum atomic E-state index is -3.16. The third-order valence-corrected chi connectivity index (χ3v) is 3.89. The number of benzene rings is 1. The summed E-state index contributed by atoms with van der Waals surface area (Å²) in [6, 6.07) is 3.01. The van der Waals surface area contributed by atoms with E-state index in [1.807, 2.05) is 0 Å². The van der Waals surface area contributed by atoms with E-state index >= 15 is 0 Å². The highest BCUT2D eigenvalue weighted by atomic mass is 32.2. The van der Waals surface area contributed by atoms with E-state index < -0.39 is 21.6 Å². The maximum absolute atomic E-state index is 13.1. The first kappa shape index (κ1) is 14.4. The van der Waals surface area contributed by atoms with Gasteiger partial charge in [0.1, 0.15) is 18.2 Å². The summed E-state index contributed by atoms with van der Waals surface area (Å²) in [6.45, 7) is 1.37. The molecule has 1 aromatic rings. The number of halogens is 1. The van der Waals surface area contributed by atoms with Crippen LogP contribution in [0.15, 0.2) is 18.2 Å². The van der Waals surface area contributed by atoms with Gasteiger partial charge in [-0.3, -0.25) is 0 Å². The normalized spacial score (nSPS) is 11.2. The number of hydrogen-bond acceptors (Lipinski definition) is 4. The molecular formula is C11H13FO5S. The van der Waals surface area contributed by atoms with E-state index in [2.05, 4.69) is 0 Å². The second-order valence-electron chi connectivity index (χ2n) is 3.57. The number of rotatable bonds is 6. The first-order valence-electron chi connectivity index (χ1n) is 5.21. The molecule has 0 unspecified atom stereocenters. The summed E-state index contributed by atoms with van der Waals surface area (Å²) in [4.78, 5) is 10.7. The fourth-order valence-electron chi connectivity index (χ4n) is 1.20. The predicted molar refractivity (Wildman–Crippen MR) is 63.2 cm³/mol. The molecule has 0 aliphatic heterocycles. The van der Waals surface area contributed by atoms with Gasteiger partial charge in [0, 0.05) is 11.8 Å². The molecule has 1 rings (SSSR count). The summed E-state index contributed by atoms with van der Waals surface area (Å²) >= 11 is 0. The summed E-state index contributed by atoms with van der Waals surface area (Å²) in [7, 11) is -3.16.